The maximum absolute atomic E-state index is 10.2. The van der Waals surface area contributed by atoms with Crippen molar-refractivity contribution in [3.05, 3.63) is 0 Å². The lowest BCUT2D eigenvalue weighted by molar-refractivity contribution is 0.254. The molecule has 0 aromatic rings. The molecule has 21 heavy (non-hydrogen) atoms. The van der Waals surface area contributed by atoms with Crippen molar-refractivity contribution >= 4 is 28.9 Å². The third kappa shape index (κ3) is 14.3. The van der Waals surface area contributed by atoms with E-state index in [2.05, 4.69) is 27.7 Å². The van der Waals surface area contributed by atoms with Crippen molar-refractivity contribution in [1.29, 1.82) is 0 Å². The molecule has 1 N–H and O–H groups in total. The zero-order valence-corrected chi connectivity index (χ0v) is 16.9. The molecule has 0 saturated carbocycles. The fourth-order valence-corrected chi connectivity index (χ4v) is 5.72. The lowest BCUT2D eigenvalue weighted by Gasteiger charge is -2.20. The Hall–Kier alpha value is 0.920. The highest BCUT2D eigenvalue weighted by Crippen LogP contribution is 2.57. The largest absolute Gasteiger partial charge is 0.337 e. The molecule has 3 unspecified atom stereocenters. The summed E-state index contributed by atoms with van der Waals surface area (Å²) in [4.78, 5) is 10.2. The summed E-state index contributed by atoms with van der Waals surface area (Å²) in [6.07, 6.45) is 10.0. The van der Waals surface area contributed by atoms with Crippen LogP contribution in [0.5, 0.6) is 0 Å². The van der Waals surface area contributed by atoms with Crippen molar-refractivity contribution in [2.75, 3.05) is 12.4 Å². The fourth-order valence-electron chi connectivity index (χ4n) is 2.13. The Labute approximate surface area is 141 Å². The van der Waals surface area contributed by atoms with Crippen molar-refractivity contribution in [3.63, 3.8) is 0 Å². The first-order chi connectivity index (χ1) is 9.91. The normalized spacial score (nSPS) is 17.4. The van der Waals surface area contributed by atoms with Gasteiger partial charge in [-0.3, -0.25) is 0 Å². The van der Waals surface area contributed by atoms with E-state index in [1.54, 1.807) is 0 Å². The summed E-state index contributed by atoms with van der Waals surface area (Å²) in [5.74, 6) is 2.03. The first-order valence-electron chi connectivity index (χ1n) is 8.53. The molecule has 128 valence electrons. The molecule has 2 nitrogen and oxygen atoms in total. The first kappa shape index (κ1) is 21.9. The van der Waals surface area contributed by atoms with E-state index in [9.17, 15) is 4.89 Å². The Bertz CT molecular complexity index is 263. The van der Waals surface area contributed by atoms with Crippen LogP contribution >= 0.6 is 17.1 Å². The highest BCUT2D eigenvalue weighted by atomic mass is 32.9. The van der Waals surface area contributed by atoms with Gasteiger partial charge in [0.25, 0.3) is 0 Å². The molecular formula is C16H35O2PS2. The summed E-state index contributed by atoms with van der Waals surface area (Å²) in [5.41, 5.74) is -2.63. The average Bonchev–Trinajstić information content (AvgIpc) is 2.44. The van der Waals surface area contributed by atoms with Gasteiger partial charge < -0.3 is 9.42 Å². The van der Waals surface area contributed by atoms with Crippen molar-refractivity contribution in [1.82, 2.24) is 0 Å². The lowest BCUT2D eigenvalue weighted by atomic mass is 10.0. The molecule has 0 aliphatic carbocycles. The quantitative estimate of drug-likeness (QED) is 0.289. The van der Waals surface area contributed by atoms with E-state index < -0.39 is 5.69 Å². The van der Waals surface area contributed by atoms with Gasteiger partial charge in [-0.2, -0.15) is 0 Å². The Morgan fingerprint density at radius 3 is 2.05 bits per heavy atom. The third-order valence-electron chi connectivity index (χ3n) is 3.65. The van der Waals surface area contributed by atoms with Gasteiger partial charge in [-0.25, -0.2) is 0 Å². The zero-order valence-electron chi connectivity index (χ0n) is 14.3. The SMILES string of the molecule is CCCCCC(C)COP(O)(=S)SCC(C)CCCCC. The predicted octanol–water partition coefficient (Wildman–Crippen LogP) is 6.39. The molecule has 5 heteroatoms. The van der Waals surface area contributed by atoms with Crippen LogP contribution in [0.15, 0.2) is 0 Å². The van der Waals surface area contributed by atoms with Crippen molar-refractivity contribution in [2.45, 2.75) is 79.1 Å². The summed E-state index contributed by atoms with van der Waals surface area (Å²) in [6.45, 7) is 9.47. The summed E-state index contributed by atoms with van der Waals surface area (Å²) in [7, 11) is 0. The smallest absolute Gasteiger partial charge is 0.244 e. The monoisotopic (exact) mass is 354 g/mol. The molecule has 0 heterocycles. The Morgan fingerprint density at radius 2 is 1.52 bits per heavy atom. The maximum Gasteiger partial charge on any atom is 0.244 e. The van der Waals surface area contributed by atoms with Gasteiger partial charge in [-0.15, -0.1) is 0 Å². The second-order valence-electron chi connectivity index (χ2n) is 6.26. The van der Waals surface area contributed by atoms with Gasteiger partial charge in [-0.05, 0) is 36.5 Å². The van der Waals surface area contributed by atoms with Gasteiger partial charge in [-0.1, -0.05) is 77.6 Å². The Morgan fingerprint density at radius 1 is 1.00 bits per heavy atom. The molecule has 0 amide bonds. The minimum absolute atomic E-state index is 0.494. The molecule has 0 fully saturated rings. The second kappa shape index (κ2) is 13.4. The molecule has 3 atom stereocenters. The maximum atomic E-state index is 10.2. The van der Waals surface area contributed by atoms with Crippen LogP contribution in [0.1, 0.15) is 79.1 Å². The van der Waals surface area contributed by atoms with E-state index in [0.717, 1.165) is 5.75 Å². The molecular weight excluding hydrogens is 319 g/mol. The van der Waals surface area contributed by atoms with Gasteiger partial charge in [0.2, 0.25) is 5.69 Å². The third-order valence-corrected chi connectivity index (χ3v) is 8.17. The lowest BCUT2D eigenvalue weighted by Crippen LogP contribution is -2.05. The topological polar surface area (TPSA) is 29.5 Å². The number of rotatable bonds is 14. The standard InChI is InChI=1S/C16H35O2PS2/c1-5-7-9-11-15(3)13-18-19(17,20)21-14-16(4)12-10-8-6-2/h15-16H,5-14H2,1-4H3,(H,17,20). The molecule has 0 saturated heterocycles. The van der Waals surface area contributed by atoms with Gasteiger partial charge >= 0.3 is 0 Å². The Balaban J connectivity index is 3.79. The van der Waals surface area contributed by atoms with E-state index in [1.165, 1.54) is 62.7 Å². The molecule has 0 aromatic heterocycles. The molecule has 0 rings (SSSR count). The van der Waals surface area contributed by atoms with Crippen LogP contribution in [0.25, 0.3) is 0 Å². The summed E-state index contributed by atoms with van der Waals surface area (Å²) < 4.78 is 5.64. The second-order valence-corrected chi connectivity index (χ2v) is 12.5. The minimum Gasteiger partial charge on any atom is -0.337 e. The predicted molar refractivity (Wildman–Crippen MR) is 102 cm³/mol. The minimum atomic E-state index is -2.63. The number of hydrogen-bond donors (Lipinski definition) is 1. The Kier molecular flexibility index (Phi) is 14.0. The van der Waals surface area contributed by atoms with Crippen LogP contribution < -0.4 is 0 Å². The van der Waals surface area contributed by atoms with E-state index in [-0.39, 0.29) is 0 Å². The molecule has 0 radical (unpaired) electrons. The molecule has 0 bridgehead atoms. The van der Waals surface area contributed by atoms with Crippen molar-refractivity contribution in [2.24, 2.45) is 11.8 Å². The van der Waals surface area contributed by atoms with Crippen LogP contribution in [-0.2, 0) is 16.3 Å². The molecule has 0 aliphatic rings. The fraction of sp³-hybridized carbons (Fsp3) is 1.00. The van der Waals surface area contributed by atoms with E-state index in [1.807, 2.05) is 0 Å². The van der Waals surface area contributed by atoms with Gasteiger partial charge in [0.15, 0.2) is 0 Å². The van der Waals surface area contributed by atoms with E-state index in [0.29, 0.717) is 18.4 Å². The van der Waals surface area contributed by atoms with Crippen LogP contribution in [0.3, 0.4) is 0 Å². The van der Waals surface area contributed by atoms with Crippen LogP contribution in [0.4, 0.5) is 0 Å². The first-order valence-corrected chi connectivity index (χ1v) is 12.8. The summed E-state index contributed by atoms with van der Waals surface area (Å²) in [6, 6.07) is 0. The molecule has 0 spiro atoms. The van der Waals surface area contributed by atoms with Gasteiger partial charge in [0, 0.05) is 5.75 Å². The van der Waals surface area contributed by atoms with Crippen LogP contribution in [0.2, 0.25) is 0 Å². The van der Waals surface area contributed by atoms with Gasteiger partial charge in [0.1, 0.15) is 0 Å². The summed E-state index contributed by atoms with van der Waals surface area (Å²) in [5, 5.41) is 0. The molecule has 0 aromatic carbocycles. The van der Waals surface area contributed by atoms with Gasteiger partial charge in [0.05, 0.1) is 6.61 Å². The van der Waals surface area contributed by atoms with Crippen molar-refractivity contribution < 1.29 is 9.42 Å². The van der Waals surface area contributed by atoms with Crippen LogP contribution in [-0.4, -0.2) is 17.3 Å². The highest BCUT2D eigenvalue weighted by molar-refractivity contribution is 8.67. The summed E-state index contributed by atoms with van der Waals surface area (Å²) >= 11 is 6.73. The van der Waals surface area contributed by atoms with Crippen molar-refractivity contribution in [3.8, 4) is 0 Å². The molecule has 0 aliphatic heterocycles. The van der Waals surface area contributed by atoms with E-state index >= 15 is 0 Å². The average molecular weight is 355 g/mol. The number of hydrogen-bond acceptors (Lipinski definition) is 3. The number of unbranched alkanes of at least 4 members (excludes halogenated alkanes) is 4. The van der Waals surface area contributed by atoms with Crippen LogP contribution in [0, 0.1) is 11.8 Å². The zero-order chi connectivity index (χ0) is 16.1. The highest BCUT2D eigenvalue weighted by Gasteiger charge is 2.18. The van der Waals surface area contributed by atoms with E-state index in [4.69, 9.17) is 16.3 Å².